The molecule has 0 radical (unpaired) electrons. The first kappa shape index (κ1) is 12.1. The standard InChI is InChI=1S/C12H10O2.In.3H/c1-8-6-7-9-4-2-3-5-10(9)11(8)12(13)14;;;;/h2-7H,1H3,(H,13,14);;;;. The van der Waals surface area contributed by atoms with Gasteiger partial charge in [0, 0.05) is 0 Å². The van der Waals surface area contributed by atoms with E-state index in [0.29, 0.717) is 5.56 Å². The van der Waals surface area contributed by atoms with Crippen molar-refractivity contribution in [1.29, 1.82) is 0 Å². The molecule has 0 aliphatic carbocycles. The molecular formula is C12H13InO2. The topological polar surface area (TPSA) is 37.3 Å². The number of fused-ring (bicyclic) bond motifs is 1. The minimum atomic E-state index is -0.862. The molecule has 0 aromatic heterocycles. The van der Waals surface area contributed by atoms with Crippen molar-refractivity contribution in [3.63, 3.8) is 0 Å². The van der Waals surface area contributed by atoms with Crippen LogP contribution in [0.1, 0.15) is 15.9 Å². The second-order valence-electron chi connectivity index (χ2n) is 3.28. The quantitative estimate of drug-likeness (QED) is 0.870. The molecule has 0 spiro atoms. The molecule has 0 fully saturated rings. The predicted octanol–water partition coefficient (Wildman–Crippen LogP) is 1.66. The fourth-order valence-electron chi connectivity index (χ4n) is 1.66. The van der Waals surface area contributed by atoms with E-state index >= 15 is 0 Å². The first-order valence-corrected chi connectivity index (χ1v) is 4.42. The number of benzene rings is 2. The Bertz CT molecular complexity index is 506. The van der Waals surface area contributed by atoms with Gasteiger partial charge >= 0.3 is 31.8 Å². The third-order valence-corrected chi connectivity index (χ3v) is 2.35. The van der Waals surface area contributed by atoms with Crippen molar-refractivity contribution in [3.8, 4) is 0 Å². The summed E-state index contributed by atoms with van der Waals surface area (Å²) in [4.78, 5) is 11.0. The molecule has 0 amide bonds. The molecule has 0 heterocycles. The Balaban J connectivity index is 0.00000112. The van der Waals surface area contributed by atoms with E-state index in [1.807, 2.05) is 43.3 Å². The monoisotopic (exact) mass is 304 g/mol. The second kappa shape index (κ2) is 4.71. The normalized spacial score (nSPS) is 9.67. The Labute approximate surface area is 107 Å². The average Bonchev–Trinajstić information content (AvgIpc) is 2.17. The summed E-state index contributed by atoms with van der Waals surface area (Å²) in [6.07, 6.45) is 0. The van der Waals surface area contributed by atoms with E-state index in [2.05, 4.69) is 0 Å². The number of carboxylic acids is 1. The molecular weight excluding hydrogens is 291 g/mol. The Morgan fingerprint density at radius 2 is 1.80 bits per heavy atom. The Kier molecular flexibility index (Phi) is 3.80. The van der Waals surface area contributed by atoms with E-state index in [1.54, 1.807) is 0 Å². The van der Waals surface area contributed by atoms with E-state index in [0.717, 1.165) is 16.3 Å². The fraction of sp³-hybridized carbons (Fsp3) is 0.0833. The molecule has 3 heteroatoms. The maximum atomic E-state index is 11.0. The number of aryl methyl sites for hydroxylation is 1. The summed E-state index contributed by atoms with van der Waals surface area (Å²) in [6, 6.07) is 11.3. The molecule has 0 saturated carbocycles. The van der Waals surface area contributed by atoms with Crippen LogP contribution in [0.4, 0.5) is 0 Å². The van der Waals surface area contributed by atoms with E-state index in [9.17, 15) is 4.79 Å². The third kappa shape index (κ3) is 2.17. The average molecular weight is 304 g/mol. The van der Waals surface area contributed by atoms with E-state index < -0.39 is 5.97 Å². The maximum absolute atomic E-state index is 11.0. The van der Waals surface area contributed by atoms with Gasteiger partial charge in [0.25, 0.3) is 0 Å². The number of carbonyl (C=O) groups is 1. The van der Waals surface area contributed by atoms with Crippen LogP contribution in [0.25, 0.3) is 10.8 Å². The fourth-order valence-corrected chi connectivity index (χ4v) is 1.66. The molecule has 0 aliphatic rings. The summed E-state index contributed by atoms with van der Waals surface area (Å²) >= 11 is 0. The Morgan fingerprint density at radius 3 is 2.47 bits per heavy atom. The van der Waals surface area contributed by atoms with Gasteiger partial charge < -0.3 is 5.11 Å². The van der Waals surface area contributed by atoms with Crippen LogP contribution in [0.2, 0.25) is 0 Å². The van der Waals surface area contributed by atoms with E-state index in [1.165, 1.54) is 0 Å². The SMILES string of the molecule is Cc1ccc2ccccc2c1C(=O)O.[InH3]. The molecule has 76 valence electrons. The molecule has 2 nitrogen and oxygen atoms in total. The van der Waals surface area contributed by atoms with E-state index in [-0.39, 0.29) is 25.8 Å². The van der Waals surface area contributed by atoms with Crippen LogP contribution in [0, 0.1) is 6.92 Å². The van der Waals surface area contributed by atoms with Gasteiger partial charge in [0.1, 0.15) is 0 Å². The van der Waals surface area contributed by atoms with Gasteiger partial charge in [-0.3, -0.25) is 0 Å². The summed E-state index contributed by atoms with van der Waals surface area (Å²) in [6.45, 7) is 1.82. The second-order valence-corrected chi connectivity index (χ2v) is 3.28. The van der Waals surface area contributed by atoms with Crippen molar-refractivity contribution in [2.45, 2.75) is 6.92 Å². The summed E-state index contributed by atoms with van der Waals surface area (Å²) < 4.78 is 0. The number of rotatable bonds is 1. The molecule has 0 unspecified atom stereocenters. The molecule has 1 N–H and O–H groups in total. The predicted molar refractivity (Wildman–Crippen MR) is 65.6 cm³/mol. The molecule has 2 rings (SSSR count). The third-order valence-electron chi connectivity index (χ3n) is 2.35. The zero-order chi connectivity index (χ0) is 10.1. The summed E-state index contributed by atoms with van der Waals surface area (Å²) in [5.41, 5.74) is 1.21. The van der Waals surface area contributed by atoms with Crippen molar-refractivity contribution >= 4 is 42.6 Å². The van der Waals surface area contributed by atoms with Gasteiger partial charge in [-0.2, -0.15) is 0 Å². The van der Waals surface area contributed by atoms with Gasteiger partial charge in [-0.25, -0.2) is 4.79 Å². The van der Waals surface area contributed by atoms with Gasteiger partial charge in [0.15, 0.2) is 0 Å². The van der Waals surface area contributed by atoms with Crippen LogP contribution in [0.5, 0.6) is 0 Å². The zero-order valence-corrected chi connectivity index (χ0v) is 7.82. The molecule has 0 atom stereocenters. The van der Waals surface area contributed by atoms with Crippen LogP contribution in [-0.4, -0.2) is 36.9 Å². The number of hydrogen-bond acceptors (Lipinski definition) is 1. The van der Waals surface area contributed by atoms with Crippen molar-refractivity contribution in [2.75, 3.05) is 0 Å². The molecule has 2 aromatic carbocycles. The minimum absolute atomic E-state index is 0. The van der Waals surface area contributed by atoms with Gasteiger partial charge in [0.05, 0.1) is 5.56 Å². The number of hydrogen-bond donors (Lipinski definition) is 1. The molecule has 0 saturated heterocycles. The Hall–Kier alpha value is -0.960. The Morgan fingerprint density at radius 1 is 1.13 bits per heavy atom. The van der Waals surface area contributed by atoms with Crippen LogP contribution in [0.15, 0.2) is 36.4 Å². The van der Waals surface area contributed by atoms with Crippen LogP contribution < -0.4 is 0 Å². The molecule has 2 aromatic rings. The van der Waals surface area contributed by atoms with Crippen LogP contribution >= 0.6 is 0 Å². The molecule has 0 aliphatic heterocycles. The van der Waals surface area contributed by atoms with Crippen molar-refractivity contribution in [3.05, 3.63) is 47.5 Å². The van der Waals surface area contributed by atoms with E-state index in [4.69, 9.17) is 5.11 Å². The van der Waals surface area contributed by atoms with Crippen molar-refractivity contribution in [2.24, 2.45) is 0 Å². The number of aromatic carboxylic acids is 1. The van der Waals surface area contributed by atoms with Crippen molar-refractivity contribution in [1.82, 2.24) is 0 Å². The van der Waals surface area contributed by atoms with Crippen LogP contribution in [-0.2, 0) is 0 Å². The van der Waals surface area contributed by atoms with Crippen LogP contribution in [0.3, 0.4) is 0 Å². The number of carboxylic acid groups (broad SMARTS) is 1. The van der Waals surface area contributed by atoms with Gasteiger partial charge in [-0.15, -0.1) is 0 Å². The summed E-state index contributed by atoms with van der Waals surface area (Å²) in [5, 5.41) is 10.8. The summed E-state index contributed by atoms with van der Waals surface area (Å²) in [5.74, 6) is -0.862. The van der Waals surface area contributed by atoms with Gasteiger partial charge in [-0.05, 0) is 23.3 Å². The first-order chi connectivity index (χ1) is 6.70. The van der Waals surface area contributed by atoms with Gasteiger partial charge in [0.2, 0.25) is 0 Å². The van der Waals surface area contributed by atoms with Crippen molar-refractivity contribution < 1.29 is 9.90 Å². The van der Waals surface area contributed by atoms with Gasteiger partial charge in [-0.1, -0.05) is 36.4 Å². The zero-order valence-electron chi connectivity index (χ0n) is 7.82. The summed E-state index contributed by atoms with van der Waals surface area (Å²) in [7, 11) is 0. The molecule has 0 bridgehead atoms. The first-order valence-electron chi connectivity index (χ1n) is 4.42. The molecule has 15 heavy (non-hydrogen) atoms.